The predicted molar refractivity (Wildman–Crippen MR) is 102 cm³/mol. The molecule has 132 valence electrons. The minimum atomic E-state index is 0.0524. The standard InChI is InChI=1S/C22H17N3O2/c1-25-20-9-8-18(17-3-2-10-24-13-17)22(19(20)11-21(25)26)27-14-16-6-4-15(12-23)5-7-16/h2-10,13H,11,14H2,1H3. The van der Waals surface area contributed by atoms with E-state index in [1.54, 1.807) is 36.5 Å². The number of nitriles is 1. The third-order valence-electron chi connectivity index (χ3n) is 4.74. The summed E-state index contributed by atoms with van der Waals surface area (Å²) < 4.78 is 6.20. The van der Waals surface area contributed by atoms with Crippen molar-refractivity contribution in [3.8, 4) is 22.9 Å². The first-order chi connectivity index (χ1) is 13.2. The number of rotatable bonds is 4. The molecule has 0 atom stereocenters. The highest BCUT2D eigenvalue weighted by Gasteiger charge is 2.29. The lowest BCUT2D eigenvalue weighted by Gasteiger charge is -2.17. The summed E-state index contributed by atoms with van der Waals surface area (Å²) in [6, 6.07) is 17.2. The fraction of sp³-hybridized carbons (Fsp3) is 0.136. The third-order valence-corrected chi connectivity index (χ3v) is 4.74. The third kappa shape index (κ3) is 3.13. The van der Waals surface area contributed by atoms with Crippen LogP contribution in [-0.2, 0) is 17.8 Å². The number of likely N-dealkylation sites (N-methyl/N-ethyl adjacent to an activating group) is 1. The minimum absolute atomic E-state index is 0.0524. The summed E-state index contributed by atoms with van der Waals surface area (Å²) in [5.41, 5.74) is 5.21. The molecule has 27 heavy (non-hydrogen) atoms. The van der Waals surface area contributed by atoms with Crippen LogP contribution in [0.5, 0.6) is 5.75 Å². The molecular weight excluding hydrogens is 338 g/mol. The van der Waals surface area contributed by atoms with Gasteiger partial charge in [0.2, 0.25) is 5.91 Å². The van der Waals surface area contributed by atoms with E-state index in [1.165, 1.54) is 0 Å². The van der Waals surface area contributed by atoms with Gasteiger partial charge in [-0.2, -0.15) is 5.26 Å². The maximum atomic E-state index is 12.2. The fourth-order valence-electron chi connectivity index (χ4n) is 3.25. The quantitative estimate of drug-likeness (QED) is 0.715. The summed E-state index contributed by atoms with van der Waals surface area (Å²) in [5.74, 6) is 0.763. The molecule has 1 aliphatic rings. The largest absolute Gasteiger partial charge is 0.488 e. The van der Waals surface area contributed by atoms with E-state index in [2.05, 4.69) is 11.1 Å². The van der Waals surface area contributed by atoms with E-state index < -0.39 is 0 Å². The monoisotopic (exact) mass is 355 g/mol. The molecule has 2 aromatic carbocycles. The molecule has 0 bridgehead atoms. The van der Waals surface area contributed by atoms with Gasteiger partial charge < -0.3 is 9.64 Å². The molecule has 4 rings (SSSR count). The second-order valence-corrected chi connectivity index (χ2v) is 6.41. The van der Waals surface area contributed by atoms with E-state index in [9.17, 15) is 4.79 Å². The van der Waals surface area contributed by atoms with Crippen LogP contribution in [0.25, 0.3) is 11.1 Å². The van der Waals surface area contributed by atoms with Gasteiger partial charge >= 0.3 is 0 Å². The first-order valence-electron chi connectivity index (χ1n) is 8.62. The van der Waals surface area contributed by atoms with Crippen LogP contribution in [-0.4, -0.2) is 17.9 Å². The Balaban J connectivity index is 1.73. The van der Waals surface area contributed by atoms with Gasteiger partial charge in [0.25, 0.3) is 0 Å². The topological polar surface area (TPSA) is 66.2 Å². The molecule has 0 fully saturated rings. The van der Waals surface area contributed by atoms with Crippen molar-refractivity contribution >= 4 is 11.6 Å². The Hall–Kier alpha value is -3.65. The molecule has 5 nitrogen and oxygen atoms in total. The SMILES string of the molecule is CN1C(=O)Cc2c1ccc(-c1cccnc1)c2OCc1ccc(C#N)cc1. The number of carbonyl (C=O) groups excluding carboxylic acids is 1. The van der Waals surface area contributed by atoms with E-state index in [0.717, 1.165) is 27.9 Å². The number of benzene rings is 2. The predicted octanol–water partition coefficient (Wildman–Crippen LogP) is 3.72. The molecule has 1 aliphatic heterocycles. The van der Waals surface area contributed by atoms with Gasteiger partial charge in [0.05, 0.1) is 23.7 Å². The molecular formula is C22H17N3O2. The van der Waals surface area contributed by atoms with Crippen molar-refractivity contribution in [1.29, 1.82) is 5.26 Å². The van der Waals surface area contributed by atoms with Gasteiger partial charge in [-0.25, -0.2) is 0 Å². The second-order valence-electron chi connectivity index (χ2n) is 6.41. The number of nitrogens with zero attached hydrogens (tertiary/aromatic N) is 3. The van der Waals surface area contributed by atoms with Gasteiger partial charge in [0.1, 0.15) is 12.4 Å². The van der Waals surface area contributed by atoms with Crippen molar-refractivity contribution in [1.82, 2.24) is 4.98 Å². The lowest BCUT2D eigenvalue weighted by molar-refractivity contribution is -0.117. The van der Waals surface area contributed by atoms with Crippen LogP contribution in [0.1, 0.15) is 16.7 Å². The number of fused-ring (bicyclic) bond motifs is 1. The van der Waals surface area contributed by atoms with Crippen LogP contribution in [0.15, 0.2) is 60.9 Å². The maximum absolute atomic E-state index is 12.2. The van der Waals surface area contributed by atoms with Crippen molar-refractivity contribution in [2.24, 2.45) is 0 Å². The summed E-state index contributed by atoms with van der Waals surface area (Å²) in [7, 11) is 1.78. The maximum Gasteiger partial charge on any atom is 0.231 e. The first kappa shape index (κ1) is 16.8. The van der Waals surface area contributed by atoms with E-state index in [0.29, 0.717) is 24.3 Å². The lowest BCUT2D eigenvalue weighted by atomic mass is 10.0. The van der Waals surface area contributed by atoms with Gasteiger partial charge in [-0.15, -0.1) is 0 Å². The van der Waals surface area contributed by atoms with Crippen LogP contribution in [0, 0.1) is 11.3 Å². The molecule has 0 saturated carbocycles. The average Bonchev–Trinajstić information content (AvgIpc) is 3.01. The summed E-state index contributed by atoms with van der Waals surface area (Å²) in [4.78, 5) is 18.1. The van der Waals surface area contributed by atoms with Crippen LogP contribution >= 0.6 is 0 Å². The molecule has 0 N–H and O–H groups in total. The van der Waals surface area contributed by atoms with Crippen LogP contribution in [0.2, 0.25) is 0 Å². The highest BCUT2D eigenvalue weighted by atomic mass is 16.5. The summed E-state index contributed by atoms with van der Waals surface area (Å²) >= 11 is 0. The Morgan fingerprint density at radius 2 is 2.00 bits per heavy atom. The van der Waals surface area contributed by atoms with Gasteiger partial charge in [-0.3, -0.25) is 9.78 Å². The van der Waals surface area contributed by atoms with Crippen molar-refractivity contribution in [2.45, 2.75) is 13.0 Å². The Bertz CT molecular complexity index is 1040. The van der Waals surface area contributed by atoms with E-state index >= 15 is 0 Å². The molecule has 0 spiro atoms. The number of anilines is 1. The minimum Gasteiger partial charge on any atom is -0.488 e. The zero-order valence-corrected chi connectivity index (χ0v) is 14.8. The number of aromatic nitrogens is 1. The van der Waals surface area contributed by atoms with Crippen LogP contribution in [0.4, 0.5) is 5.69 Å². The first-order valence-corrected chi connectivity index (χ1v) is 8.62. The van der Waals surface area contributed by atoms with E-state index in [-0.39, 0.29) is 5.91 Å². The molecule has 0 saturated heterocycles. The zero-order valence-electron chi connectivity index (χ0n) is 14.8. The number of pyridine rings is 1. The molecule has 0 radical (unpaired) electrons. The highest BCUT2D eigenvalue weighted by molar-refractivity contribution is 6.03. The lowest BCUT2D eigenvalue weighted by Crippen LogP contribution is -2.20. The van der Waals surface area contributed by atoms with Crippen molar-refractivity contribution in [3.63, 3.8) is 0 Å². The average molecular weight is 355 g/mol. The summed E-state index contributed by atoms with van der Waals surface area (Å²) in [6.07, 6.45) is 3.84. The summed E-state index contributed by atoms with van der Waals surface area (Å²) in [6.45, 7) is 0.354. The molecule has 0 unspecified atom stereocenters. The van der Waals surface area contributed by atoms with Crippen LogP contribution in [0.3, 0.4) is 0 Å². The van der Waals surface area contributed by atoms with E-state index in [1.807, 2.05) is 36.4 Å². The van der Waals surface area contributed by atoms with E-state index in [4.69, 9.17) is 10.00 Å². The molecule has 3 aromatic rings. The second kappa shape index (κ2) is 6.93. The van der Waals surface area contributed by atoms with Gasteiger partial charge in [0, 0.05) is 36.1 Å². The molecule has 1 aromatic heterocycles. The van der Waals surface area contributed by atoms with Crippen LogP contribution < -0.4 is 9.64 Å². The molecule has 1 amide bonds. The Kier molecular flexibility index (Phi) is 4.31. The van der Waals surface area contributed by atoms with Crippen molar-refractivity contribution < 1.29 is 9.53 Å². The van der Waals surface area contributed by atoms with Gasteiger partial charge in [-0.05, 0) is 35.9 Å². The van der Waals surface area contributed by atoms with Crippen molar-refractivity contribution in [3.05, 3.63) is 77.6 Å². The zero-order chi connectivity index (χ0) is 18.8. The number of ether oxygens (including phenoxy) is 1. The molecule has 5 heteroatoms. The van der Waals surface area contributed by atoms with Gasteiger partial charge in [-0.1, -0.05) is 18.2 Å². The highest BCUT2D eigenvalue weighted by Crippen LogP contribution is 2.42. The smallest absolute Gasteiger partial charge is 0.231 e. The number of carbonyl (C=O) groups is 1. The molecule has 0 aliphatic carbocycles. The Morgan fingerprint density at radius 3 is 2.70 bits per heavy atom. The number of hydrogen-bond acceptors (Lipinski definition) is 4. The number of hydrogen-bond donors (Lipinski definition) is 0. The van der Waals surface area contributed by atoms with Gasteiger partial charge in [0.15, 0.2) is 0 Å². The summed E-state index contributed by atoms with van der Waals surface area (Å²) in [5, 5.41) is 8.93. The number of amides is 1. The van der Waals surface area contributed by atoms with Crippen molar-refractivity contribution in [2.75, 3.05) is 11.9 Å². The normalized spacial score (nSPS) is 12.6. The molecule has 2 heterocycles. The Morgan fingerprint density at radius 1 is 1.19 bits per heavy atom. The fourth-order valence-corrected chi connectivity index (χ4v) is 3.25. The Labute approximate surface area is 157 Å².